The molecule has 32 heavy (non-hydrogen) atoms. The normalized spacial score (nSPS) is 19.8. The van der Waals surface area contributed by atoms with Gasteiger partial charge in [-0.05, 0) is 44.1 Å². The maximum atomic E-state index is 12.6. The predicted molar refractivity (Wildman–Crippen MR) is 119 cm³/mol. The molecule has 1 saturated heterocycles. The lowest BCUT2D eigenvalue weighted by atomic mass is 9.98. The van der Waals surface area contributed by atoms with E-state index < -0.39 is 0 Å². The number of carbonyl (C=O) groups excluding carboxylic acids is 2. The lowest BCUT2D eigenvalue weighted by Crippen LogP contribution is -2.41. The number of methoxy groups -OCH3 is 1. The minimum atomic E-state index is -0.320. The number of nitrogens with zero attached hydrogens (tertiary/aromatic N) is 5. The second-order valence-electron chi connectivity index (χ2n) is 8.72. The largest absolute Gasteiger partial charge is 0.465 e. The third-order valence-electron chi connectivity index (χ3n) is 6.39. The second kappa shape index (κ2) is 10.2. The highest BCUT2D eigenvalue weighted by Crippen LogP contribution is 2.16. The van der Waals surface area contributed by atoms with Crippen molar-refractivity contribution in [2.75, 3.05) is 40.3 Å². The Morgan fingerprint density at radius 3 is 2.69 bits per heavy atom. The van der Waals surface area contributed by atoms with Crippen LogP contribution in [0.4, 0.5) is 0 Å². The molecular weight excluding hydrogens is 408 g/mol. The fourth-order valence-electron chi connectivity index (χ4n) is 4.53. The van der Waals surface area contributed by atoms with E-state index in [4.69, 9.17) is 4.74 Å². The number of aromatic nitrogens is 3. The Morgan fingerprint density at radius 1 is 1.12 bits per heavy atom. The Hall–Kier alpha value is -2.78. The molecule has 0 bridgehead atoms. The molecule has 3 heterocycles. The third kappa shape index (κ3) is 5.34. The number of nitrogens with one attached hydrogen (secondary N) is 1. The standard InChI is InChI=1S/C23H32N6O3/c1-27-10-3-4-19(16-27)22(30)24-14-21-26-25-20-9-11-28(12-13-29(20)21)15-17-5-7-18(8-6-17)23(31)32-2/h5-8,19H,3-4,9-16H2,1-2H3,(H,24,30). The van der Waals surface area contributed by atoms with Gasteiger partial charge in [-0.3, -0.25) is 9.69 Å². The summed E-state index contributed by atoms with van der Waals surface area (Å²) in [6.45, 7) is 5.66. The SMILES string of the molecule is COC(=O)c1ccc(CN2CCc3nnc(CNC(=O)C4CCCN(C)C4)n3CC2)cc1. The van der Waals surface area contributed by atoms with Gasteiger partial charge in [0.05, 0.1) is 25.1 Å². The first kappa shape index (κ1) is 22.4. The average Bonchev–Trinajstić information content (AvgIpc) is 3.09. The van der Waals surface area contributed by atoms with E-state index in [1.165, 1.54) is 7.11 Å². The summed E-state index contributed by atoms with van der Waals surface area (Å²) in [4.78, 5) is 28.8. The highest BCUT2D eigenvalue weighted by molar-refractivity contribution is 5.89. The highest BCUT2D eigenvalue weighted by Gasteiger charge is 2.25. The zero-order chi connectivity index (χ0) is 22.5. The van der Waals surface area contributed by atoms with Crippen LogP contribution in [0.2, 0.25) is 0 Å². The number of ether oxygens (including phenoxy) is 1. The van der Waals surface area contributed by atoms with Crippen LogP contribution in [0, 0.1) is 5.92 Å². The number of hydrogen-bond donors (Lipinski definition) is 1. The van der Waals surface area contributed by atoms with Crippen LogP contribution >= 0.6 is 0 Å². The fourth-order valence-corrected chi connectivity index (χ4v) is 4.53. The zero-order valence-corrected chi connectivity index (χ0v) is 18.9. The van der Waals surface area contributed by atoms with Crippen molar-refractivity contribution in [2.24, 2.45) is 5.92 Å². The van der Waals surface area contributed by atoms with Gasteiger partial charge in [0, 0.05) is 39.1 Å². The number of fused-ring (bicyclic) bond motifs is 1. The number of rotatable bonds is 6. The predicted octanol–water partition coefficient (Wildman–Crippen LogP) is 1.08. The van der Waals surface area contributed by atoms with Gasteiger partial charge in [0.2, 0.25) is 5.91 Å². The quantitative estimate of drug-likeness (QED) is 0.672. The molecular formula is C23H32N6O3. The van der Waals surface area contributed by atoms with Gasteiger partial charge in [-0.25, -0.2) is 4.79 Å². The molecule has 9 heteroatoms. The Kier molecular flexibility index (Phi) is 7.16. The van der Waals surface area contributed by atoms with E-state index in [1.807, 2.05) is 12.1 Å². The maximum Gasteiger partial charge on any atom is 0.337 e. The Morgan fingerprint density at radius 2 is 1.94 bits per heavy atom. The molecule has 1 atom stereocenters. The number of benzene rings is 1. The molecule has 0 spiro atoms. The molecule has 1 fully saturated rings. The monoisotopic (exact) mass is 440 g/mol. The minimum Gasteiger partial charge on any atom is -0.465 e. The first-order chi connectivity index (χ1) is 15.5. The van der Waals surface area contributed by atoms with Crippen LogP contribution in [-0.4, -0.2) is 76.8 Å². The molecule has 1 amide bonds. The second-order valence-corrected chi connectivity index (χ2v) is 8.72. The van der Waals surface area contributed by atoms with Gasteiger partial charge in [-0.2, -0.15) is 0 Å². The summed E-state index contributed by atoms with van der Waals surface area (Å²) in [6, 6.07) is 7.55. The topological polar surface area (TPSA) is 92.6 Å². The maximum absolute atomic E-state index is 12.6. The van der Waals surface area contributed by atoms with Gasteiger partial charge in [-0.15, -0.1) is 10.2 Å². The van der Waals surface area contributed by atoms with E-state index in [9.17, 15) is 9.59 Å². The molecule has 1 aromatic carbocycles. The average molecular weight is 441 g/mol. The first-order valence-electron chi connectivity index (χ1n) is 11.3. The van der Waals surface area contributed by atoms with Crippen molar-refractivity contribution >= 4 is 11.9 Å². The molecule has 0 aliphatic carbocycles. The number of carbonyl (C=O) groups is 2. The Balaban J connectivity index is 1.31. The molecule has 0 radical (unpaired) electrons. The van der Waals surface area contributed by atoms with Gasteiger partial charge < -0.3 is 19.5 Å². The summed E-state index contributed by atoms with van der Waals surface area (Å²) >= 11 is 0. The molecule has 4 rings (SSSR count). The number of likely N-dealkylation sites (tertiary alicyclic amines) is 1. The molecule has 2 aromatic rings. The summed E-state index contributed by atoms with van der Waals surface area (Å²) in [5.74, 6) is 1.64. The van der Waals surface area contributed by atoms with Crippen LogP contribution in [0.25, 0.3) is 0 Å². The molecule has 1 N–H and O–H groups in total. The van der Waals surface area contributed by atoms with Crippen molar-refractivity contribution in [1.29, 1.82) is 0 Å². The minimum absolute atomic E-state index is 0.0568. The van der Waals surface area contributed by atoms with Crippen LogP contribution in [0.3, 0.4) is 0 Å². The van der Waals surface area contributed by atoms with E-state index in [0.29, 0.717) is 12.1 Å². The van der Waals surface area contributed by atoms with Crippen LogP contribution < -0.4 is 5.32 Å². The van der Waals surface area contributed by atoms with Crippen molar-refractivity contribution in [1.82, 2.24) is 29.9 Å². The number of esters is 1. The van der Waals surface area contributed by atoms with E-state index in [0.717, 1.165) is 75.7 Å². The smallest absolute Gasteiger partial charge is 0.337 e. The fraction of sp³-hybridized carbons (Fsp3) is 0.565. The van der Waals surface area contributed by atoms with Gasteiger partial charge in [0.25, 0.3) is 0 Å². The number of piperidine rings is 1. The Labute approximate surface area is 188 Å². The molecule has 9 nitrogen and oxygen atoms in total. The molecule has 0 saturated carbocycles. The number of hydrogen-bond acceptors (Lipinski definition) is 7. The number of amides is 1. The van der Waals surface area contributed by atoms with Crippen LogP contribution in [-0.2, 0) is 35.6 Å². The summed E-state index contributed by atoms with van der Waals surface area (Å²) in [5, 5.41) is 11.8. The summed E-state index contributed by atoms with van der Waals surface area (Å²) in [5.41, 5.74) is 1.71. The molecule has 2 aliphatic heterocycles. The molecule has 1 unspecified atom stereocenters. The van der Waals surface area contributed by atoms with Crippen LogP contribution in [0.5, 0.6) is 0 Å². The lowest BCUT2D eigenvalue weighted by Gasteiger charge is -2.28. The van der Waals surface area contributed by atoms with Crippen molar-refractivity contribution < 1.29 is 14.3 Å². The Bertz CT molecular complexity index is 942. The van der Waals surface area contributed by atoms with E-state index in [1.54, 1.807) is 12.1 Å². The van der Waals surface area contributed by atoms with E-state index in [-0.39, 0.29) is 17.8 Å². The van der Waals surface area contributed by atoms with Crippen LogP contribution in [0.1, 0.15) is 40.4 Å². The van der Waals surface area contributed by atoms with Crippen LogP contribution in [0.15, 0.2) is 24.3 Å². The van der Waals surface area contributed by atoms with Gasteiger partial charge in [-0.1, -0.05) is 12.1 Å². The van der Waals surface area contributed by atoms with E-state index in [2.05, 4.69) is 36.9 Å². The summed E-state index contributed by atoms with van der Waals surface area (Å²) in [6.07, 6.45) is 2.83. The van der Waals surface area contributed by atoms with Gasteiger partial charge in [0.1, 0.15) is 5.82 Å². The molecule has 2 aliphatic rings. The van der Waals surface area contributed by atoms with Crippen molar-refractivity contribution in [3.63, 3.8) is 0 Å². The lowest BCUT2D eigenvalue weighted by molar-refractivity contribution is -0.126. The molecule has 172 valence electrons. The summed E-state index contributed by atoms with van der Waals surface area (Å²) < 4.78 is 6.91. The van der Waals surface area contributed by atoms with Gasteiger partial charge >= 0.3 is 5.97 Å². The zero-order valence-electron chi connectivity index (χ0n) is 18.9. The first-order valence-corrected chi connectivity index (χ1v) is 11.3. The van der Waals surface area contributed by atoms with Crippen molar-refractivity contribution in [2.45, 2.75) is 38.9 Å². The third-order valence-corrected chi connectivity index (χ3v) is 6.39. The highest BCUT2D eigenvalue weighted by atomic mass is 16.5. The van der Waals surface area contributed by atoms with E-state index >= 15 is 0 Å². The summed E-state index contributed by atoms with van der Waals surface area (Å²) in [7, 11) is 3.46. The van der Waals surface area contributed by atoms with Crippen molar-refractivity contribution in [3.8, 4) is 0 Å². The molecule has 1 aromatic heterocycles. The van der Waals surface area contributed by atoms with Gasteiger partial charge in [0.15, 0.2) is 5.82 Å². The van der Waals surface area contributed by atoms with Crippen molar-refractivity contribution in [3.05, 3.63) is 47.0 Å².